The summed E-state index contributed by atoms with van der Waals surface area (Å²) in [6.45, 7) is 4.79. The molecule has 1 amide bonds. The van der Waals surface area contributed by atoms with Gasteiger partial charge in [-0.15, -0.1) is 0 Å². The zero-order valence-electron chi connectivity index (χ0n) is 13.2. The average Bonchev–Trinajstić information content (AvgIpc) is 2.37. The monoisotopic (exact) mass is 351 g/mol. The van der Waals surface area contributed by atoms with E-state index in [2.05, 4.69) is 5.32 Å². The Labute approximate surface area is 177 Å². The number of benzene rings is 1. The Hall–Kier alpha value is 0.0464. The van der Waals surface area contributed by atoms with Crippen LogP contribution in [0.3, 0.4) is 0 Å². The van der Waals surface area contributed by atoms with Crippen LogP contribution in [0.15, 0.2) is 24.3 Å². The molecule has 0 aliphatic rings. The van der Waals surface area contributed by atoms with Crippen LogP contribution in [-0.2, 0) is 15.0 Å². The van der Waals surface area contributed by atoms with Crippen LogP contribution < -0.4 is 61.8 Å². The van der Waals surface area contributed by atoms with E-state index in [1.165, 1.54) is 6.92 Å². The molecule has 0 aromatic heterocycles. The Morgan fingerprint density at radius 2 is 2.00 bits per heavy atom. The van der Waals surface area contributed by atoms with Gasteiger partial charge >= 0.3 is 51.4 Å². The number of carbonyl (C=O) groups excluding carboxylic acids is 2. The third kappa shape index (κ3) is 6.27. The van der Waals surface area contributed by atoms with E-state index in [0.717, 1.165) is 0 Å². The predicted octanol–water partition coefficient (Wildman–Crippen LogP) is -2.37. The van der Waals surface area contributed by atoms with Gasteiger partial charge in [0.2, 0.25) is 5.91 Å². The van der Waals surface area contributed by atoms with Gasteiger partial charge in [-0.2, -0.15) is 0 Å². The van der Waals surface area contributed by atoms with Crippen molar-refractivity contribution in [2.24, 2.45) is 0 Å². The first-order valence-electron chi connectivity index (χ1n) is 6.60. The smallest absolute Gasteiger partial charge is 0.548 e. The van der Waals surface area contributed by atoms with Crippen LogP contribution in [0, 0.1) is 0 Å². The SMILES string of the molecule is CC(O)CC(NC(=O)C(C)(C)c1cccc(Cl)c1)C(=O)[O-].[K+]. The molecular weight excluding hydrogens is 333 g/mol. The van der Waals surface area contributed by atoms with E-state index >= 15 is 0 Å². The molecule has 22 heavy (non-hydrogen) atoms. The van der Waals surface area contributed by atoms with Gasteiger partial charge in [0.1, 0.15) is 0 Å². The third-order valence-electron chi connectivity index (χ3n) is 3.28. The number of carbonyl (C=O) groups is 2. The molecule has 0 spiro atoms. The molecule has 5 nitrogen and oxygen atoms in total. The Kier molecular flexibility index (Phi) is 9.39. The van der Waals surface area contributed by atoms with Crippen molar-refractivity contribution in [1.82, 2.24) is 5.32 Å². The number of aliphatic carboxylic acids is 1. The first kappa shape index (κ1) is 22.0. The summed E-state index contributed by atoms with van der Waals surface area (Å²) in [5.41, 5.74) is -0.293. The summed E-state index contributed by atoms with van der Waals surface area (Å²) in [5, 5.41) is 23.2. The summed E-state index contributed by atoms with van der Waals surface area (Å²) in [6, 6.07) is 5.57. The fraction of sp³-hybridized carbons (Fsp3) is 0.467. The summed E-state index contributed by atoms with van der Waals surface area (Å²) in [6.07, 6.45) is -0.970. The Morgan fingerprint density at radius 3 is 2.45 bits per heavy atom. The van der Waals surface area contributed by atoms with Gasteiger partial charge in [0.05, 0.1) is 23.5 Å². The topological polar surface area (TPSA) is 89.5 Å². The van der Waals surface area contributed by atoms with E-state index in [4.69, 9.17) is 11.6 Å². The number of amides is 1. The van der Waals surface area contributed by atoms with Crippen molar-refractivity contribution in [3.8, 4) is 0 Å². The van der Waals surface area contributed by atoms with E-state index in [-0.39, 0.29) is 57.8 Å². The van der Waals surface area contributed by atoms with Crippen LogP contribution in [0.25, 0.3) is 0 Å². The van der Waals surface area contributed by atoms with Crippen LogP contribution in [0.5, 0.6) is 0 Å². The minimum absolute atomic E-state index is 0. The maximum atomic E-state index is 12.3. The normalized spacial score (nSPS) is 13.7. The maximum Gasteiger partial charge on any atom is 1.00 e. The molecule has 0 bridgehead atoms. The summed E-state index contributed by atoms with van der Waals surface area (Å²) in [7, 11) is 0. The molecule has 116 valence electrons. The van der Waals surface area contributed by atoms with Gasteiger partial charge in [-0.25, -0.2) is 0 Å². The Balaban J connectivity index is 0.00000441. The fourth-order valence-corrected chi connectivity index (χ4v) is 2.09. The second kappa shape index (κ2) is 9.37. The molecule has 0 aliphatic carbocycles. The summed E-state index contributed by atoms with van der Waals surface area (Å²) in [5.74, 6) is -1.90. The largest absolute Gasteiger partial charge is 1.00 e. The van der Waals surface area contributed by atoms with Crippen LogP contribution >= 0.6 is 11.6 Å². The van der Waals surface area contributed by atoms with Gasteiger partial charge in [0.25, 0.3) is 0 Å². The van der Waals surface area contributed by atoms with Crippen molar-refractivity contribution in [2.45, 2.75) is 44.8 Å². The molecule has 1 rings (SSSR count). The molecule has 1 aromatic carbocycles. The van der Waals surface area contributed by atoms with Gasteiger partial charge in [-0.3, -0.25) is 4.79 Å². The van der Waals surface area contributed by atoms with Crippen LogP contribution in [-0.4, -0.2) is 29.1 Å². The predicted molar refractivity (Wildman–Crippen MR) is 77.7 cm³/mol. The minimum Gasteiger partial charge on any atom is -0.548 e. The van der Waals surface area contributed by atoms with Gasteiger partial charge in [-0.1, -0.05) is 23.7 Å². The zero-order valence-corrected chi connectivity index (χ0v) is 17.1. The molecule has 2 unspecified atom stereocenters. The number of hydrogen-bond acceptors (Lipinski definition) is 4. The Morgan fingerprint density at radius 1 is 1.41 bits per heavy atom. The van der Waals surface area contributed by atoms with Crippen molar-refractivity contribution in [2.75, 3.05) is 0 Å². The molecule has 2 atom stereocenters. The molecule has 1 aromatic rings. The fourth-order valence-electron chi connectivity index (χ4n) is 1.90. The first-order chi connectivity index (χ1) is 9.64. The van der Waals surface area contributed by atoms with Crippen molar-refractivity contribution < 1.29 is 71.2 Å². The van der Waals surface area contributed by atoms with E-state index in [1.807, 2.05) is 0 Å². The second-order valence-corrected chi connectivity index (χ2v) is 6.00. The van der Waals surface area contributed by atoms with Crippen molar-refractivity contribution in [3.05, 3.63) is 34.9 Å². The van der Waals surface area contributed by atoms with Crippen LogP contribution in [0.1, 0.15) is 32.8 Å². The molecule has 0 fully saturated rings. The zero-order chi connectivity index (χ0) is 16.2. The Bertz CT molecular complexity index is 534. The van der Waals surface area contributed by atoms with E-state index in [1.54, 1.807) is 38.1 Å². The van der Waals surface area contributed by atoms with Crippen molar-refractivity contribution in [1.29, 1.82) is 0 Å². The average molecular weight is 352 g/mol. The van der Waals surface area contributed by atoms with Crippen LogP contribution in [0.4, 0.5) is 0 Å². The van der Waals surface area contributed by atoms with Gasteiger partial charge < -0.3 is 20.3 Å². The number of carboxylic acids is 1. The van der Waals surface area contributed by atoms with Crippen molar-refractivity contribution >= 4 is 23.5 Å². The molecule has 0 heterocycles. The summed E-state index contributed by atoms with van der Waals surface area (Å²) in [4.78, 5) is 23.4. The van der Waals surface area contributed by atoms with Gasteiger partial charge in [0, 0.05) is 5.02 Å². The molecule has 0 saturated heterocycles. The molecule has 0 saturated carbocycles. The van der Waals surface area contributed by atoms with E-state index in [0.29, 0.717) is 10.6 Å². The first-order valence-corrected chi connectivity index (χ1v) is 6.98. The quantitative estimate of drug-likeness (QED) is 0.560. The van der Waals surface area contributed by atoms with Gasteiger partial charge in [-0.05, 0) is 44.9 Å². The molecule has 0 radical (unpaired) electrons. The molecule has 7 heteroatoms. The number of aliphatic hydroxyl groups is 1. The standard InChI is InChI=1S/C15H20ClNO4.K/c1-9(18)7-12(13(19)20)17-14(21)15(2,3)10-5-4-6-11(16)8-10;/h4-6,8-9,12,18H,7H2,1-3H3,(H,17,21)(H,19,20);/q;+1/p-1. The number of hydrogen-bond donors (Lipinski definition) is 2. The van der Waals surface area contributed by atoms with E-state index in [9.17, 15) is 19.8 Å². The number of nitrogens with one attached hydrogen (secondary N) is 1. The molecule has 2 N–H and O–H groups in total. The minimum atomic E-state index is -1.42. The maximum absolute atomic E-state index is 12.3. The van der Waals surface area contributed by atoms with Crippen LogP contribution in [0.2, 0.25) is 5.02 Å². The molecule has 0 aliphatic heterocycles. The molecular formula is C15H19ClKNO4. The summed E-state index contributed by atoms with van der Waals surface area (Å²) >= 11 is 5.91. The summed E-state index contributed by atoms with van der Waals surface area (Å²) < 4.78 is 0. The van der Waals surface area contributed by atoms with Gasteiger partial charge in [0.15, 0.2) is 0 Å². The third-order valence-corrected chi connectivity index (χ3v) is 3.52. The van der Waals surface area contributed by atoms with Crippen molar-refractivity contribution in [3.63, 3.8) is 0 Å². The number of rotatable bonds is 6. The number of carboxylic acid groups (broad SMARTS) is 1. The van der Waals surface area contributed by atoms with E-state index < -0.39 is 29.4 Å². The second-order valence-electron chi connectivity index (χ2n) is 5.57. The number of halogens is 1. The number of aliphatic hydroxyl groups excluding tert-OH is 1.